The molecule has 0 bridgehead atoms. The highest BCUT2D eigenvalue weighted by molar-refractivity contribution is 7.99. The molecule has 1 unspecified atom stereocenters. The third-order valence-corrected chi connectivity index (χ3v) is 8.91. The van der Waals surface area contributed by atoms with Gasteiger partial charge < -0.3 is 4.90 Å². The normalized spacial score (nSPS) is 20.8. The summed E-state index contributed by atoms with van der Waals surface area (Å²) in [6, 6.07) is 4.27. The Kier molecular flexibility index (Phi) is 6.31. The first-order valence-electron chi connectivity index (χ1n) is 10.1. The second kappa shape index (κ2) is 8.77. The number of rotatable bonds is 9. The number of sulfone groups is 1. The lowest BCUT2D eigenvalue weighted by Crippen LogP contribution is -2.42. The van der Waals surface area contributed by atoms with Crippen molar-refractivity contribution in [2.75, 3.05) is 23.8 Å². The SMILES string of the molecule is CCCCN(C(=O)CSc1nnc(-c2cccs2)n1C1CC1)C1CCS(=O)(=O)C1. The quantitative estimate of drug-likeness (QED) is 0.541. The molecule has 2 aliphatic rings. The Labute approximate surface area is 179 Å². The molecular weight excluding hydrogens is 428 g/mol. The molecule has 1 amide bonds. The Morgan fingerprint density at radius 2 is 2.17 bits per heavy atom. The molecule has 0 radical (unpaired) electrons. The molecule has 1 saturated heterocycles. The summed E-state index contributed by atoms with van der Waals surface area (Å²) >= 11 is 3.05. The number of carbonyl (C=O) groups is 1. The van der Waals surface area contributed by atoms with Crippen molar-refractivity contribution in [2.24, 2.45) is 0 Å². The van der Waals surface area contributed by atoms with Crippen LogP contribution in [0.15, 0.2) is 22.7 Å². The number of hydrogen-bond acceptors (Lipinski definition) is 7. The molecule has 29 heavy (non-hydrogen) atoms. The first-order chi connectivity index (χ1) is 14.0. The smallest absolute Gasteiger partial charge is 0.233 e. The summed E-state index contributed by atoms with van der Waals surface area (Å²) in [5.41, 5.74) is 0. The van der Waals surface area contributed by atoms with Crippen molar-refractivity contribution in [1.29, 1.82) is 0 Å². The van der Waals surface area contributed by atoms with Gasteiger partial charge in [-0.2, -0.15) is 0 Å². The van der Waals surface area contributed by atoms with Crippen LogP contribution in [0.2, 0.25) is 0 Å². The van der Waals surface area contributed by atoms with Gasteiger partial charge in [0, 0.05) is 18.6 Å². The molecule has 10 heteroatoms. The van der Waals surface area contributed by atoms with Gasteiger partial charge in [0.25, 0.3) is 0 Å². The Balaban J connectivity index is 1.46. The van der Waals surface area contributed by atoms with Crippen molar-refractivity contribution in [2.45, 2.75) is 56.3 Å². The van der Waals surface area contributed by atoms with Crippen LogP contribution in [-0.4, -0.2) is 63.8 Å². The van der Waals surface area contributed by atoms with E-state index in [0.717, 1.165) is 41.5 Å². The first kappa shape index (κ1) is 20.9. The Bertz CT molecular complexity index is 952. The minimum atomic E-state index is -3.02. The minimum absolute atomic E-state index is 0.00595. The third kappa shape index (κ3) is 4.86. The van der Waals surface area contributed by atoms with Crippen LogP contribution in [0.1, 0.15) is 45.1 Å². The monoisotopic (exact) mass is 454 g/mol. The molecule has 2 aromatic heterocycles. The Hall–Kier alpha value is -1.39. The van der Waals surface area contributed by atoms with E-state index >= 15 is 0 Å². The van der Waals surface area contributed by atoms with E-state index in [1.807, 2.05) is 17.5 Å². The zero-order valence-electron chi connectivity index (χ0n) is 16.5. The highest BCUT2D eigenvalue weighted by atomic mass is 32.2. The lowest BCUT2D eigenvalue weighted by molar-refractivity contribution is -0.130. The molecule has 1 atom stereocenters. The van der Waals surface area contributed by atoms with E-state index in [0.29, 0.717) is 19.0 Å². The van der Waals surface area contributed by atoms with Crippen molar-refractivity contribution in [3.05, 3.63) is 17.5 Å². The van der Waals surface area contributed by atoms with Crippen LogP contribution in [0.25, 0.3) is 10.7 Å². The number of aromatic nitrogens is 3. The molecule has 4 rings (SSSR count). The van der Waals surface area contributed by atoms with Gasteiger partial charge in [0.1, 0.15) is 0 Å². The average Bonchev–Trinajstić information content (AvgIpc) is 3.08. The fourth-order valence-corrected chi connectivity index (χ4v) is 7.01. The van der Waals surface area contributed by atoms with Crippen LogP contribution < -0.4 is 0 Å². The molecule has 3 heterocycles. The molecule has 7 nitrogen and oxygen atoms in total. The van der Waals surface area contributed by atoms with Crippen LogP contribution in [0.4, 0.5) is 0 Å². The van der Waals surface area contributed by atoms with Crippen molar-refractivity contribution < 1.29 is 13.2 Å². The fraction of sp³-hybridized carbons (Fsp3) is 0.632. The fourth-order valence-electron chi connectivity index (χ4n) is 3.68. The van der Waals surface area contributed by atoms with Gasteiger partial charge in [0.15, 0.2) is 20.8 Å². The van der Waals surface area contributed by atoms with Gasteiger partial charge in [-0.1, -0.05) is 31.2 Å². The van der Waals surface area contributed by atoms with E-state index in [9.17, 15) is 13.2 Å². The Morgan fingerprint density at radius 3 is 2.79 bits per heavy atom. The predicted molar refractivity (Wildman–Crippen MR) is 116 cm³/mol. The number of carbonyl (C=O) groups excluding carboxylic acids is 1. The van der Waals surface area contributed by atoms with Gasteiger partial charge in [-0.15, -0.1) is 21.5 Å². The molecule has 2 aromatic rings. The predicted octanol–water partition coefficient (Wildman–Crippen LogP) is 3.25. The maximum atomic E-state index is 13.0. The second-order valence-corrected chi connectivity index (χ2v) is 11.8. The van der Waals surface area contributed by atoms with Crippen molar-refractivity contribution in [3.63, 3.8) is 0 Å². The third-order valence-electron chi connectivity index (χ3n) is 5.36. The molecule has 1 aliphatic heterocycles. The molecule has 1 aliphatic carbocycles. The maximum Gasteiger partial charge on any atom is 0.233 e. The number of thioether (sulfide) groups is 1. The summed E-state index contributed by atoms with van der Waals surface area (Å²) in [6.45, 7) is 2.69. The van der Waals surface area contributed by atoms with E-state index in [4.69, 9.17) is 0 Å². The van der Waals surface area contributed by atoms with E-state index in [1.54, 1.807) is 16.2 Å². The molecule has 0 spiro atoms. The molecule has 1 saturated carbocycles. The zero-order valence-corrected chi connectivity index (χ0v) is 18.9. The molecule has 0 N–H and O–H groups in total. The molecule has 158 valence electrons. The first-order valence-corrected chi connectivity index (χ1v) is 13.8. The molecule has 0 aromatic carbocycles. The lowest BCUT2D eigenvalue weighted by Gasteiger charge is -2.28. The van der Waals surface area contributed by atoms with Crippen molar-refractivity contribution in [1.82, 2.24) is 19.7 Å². The van der Waals surface area contributed by atoms with Gasteiger partial charge in [0.05, 0.1) is 22.1 Å². The van der Waals surface area contributed by atoms with E-state index in [-0.39, 0.29) is 29.2 Å². The standard InChI is InChI=1S/C19H26N4O3S3/c1-2-3-9-22(15-8-11-29(25,26)13-15)17(24)12-28-19-21-20-18(16-5-4-10-27-16)23(19)14-6-7-14/h4-5,10,14-15H,2-3,6-9,11-13H2,1H3. The zero-order chi connectivity index (χ0) is 20.4. The van der Waals surface area contributed by atoms with Crippen LogP contribution in [-0.2, 0) is 14.6 Å². The van der Waals surface area contributed by atoms with Gasteiger partial charge in [-0.3, -0.25) is 9.36 Å². The average molecular weight is 455 g/mol. The largest absolute Gasteiger partial charge is 0.338 e. The van der Waals surface area contributed by atoms with Crippen LogP contribution in [0.5, 0.6) is 0 Å². The maximum absolute atomic E-state index is 13.0. The molecular formula is C19H26N4O3S3. The lowest BCUT2D eigenvalue weighted by atomic mass is 10.2. The summed E-state index contributed by atoms with van der Waals surface area (Å²) in [4.78, 5) is 15.9. The van der Waals surface area contributed by atoms with Crippen molar-refractivity contribution >= 4 is 38.8 Å². The number of hydrogen-bond donors (Lipinski definition) is 0. The molecule has 2 fully saturated rings. The highest BCUT2D eigenvalue weighted by Crippen LogP contribution is 2.41. The van der Waals surface area contributed by atoms with Crippen LogP contribution in [0, 0.1) is 0 Å². The summed E-state index contributed by atoms with van der Waals surface area (Å²) in [5, 5.41) is 11.6. The number of unbranched alkanes of at least 4 members (excludes halogenated alkanes) is 1. The van der Waals surface area contributed by atoms with E-state index in [2.05, 4.69) is 21.7 Å². The van der Waals surface area contributed by atoms with Gasteiger partial charge in [-0.05, 0) is 37.1 Å². The number of amides is 1. The van der Waals surface area contributed by atoms with Crippen molar-refractivity contribution in [3.8, 4) is 10.7 Å². The topological polar surface area (TPSA) is 85.2 Å². The summed E-state index contributed by atoms with van der Waals surface area (Å²) < 4.78 is 26.0. The second-order valence-electron chi connectivity index (χ2n) is 7.67. The van der Waals surface area contributed by atoms with Crippen LogP contribution in [0.3, 0.4) is 0 Å². The summed E-state index contributed by atoms with van der Waals surface area (Å²) in [7, 11) is -3.02. The number of thiophene rings is 1. The van der Waals surface area contributed by atoms with Crippen LogP contribution >= 0.6 is 23.1 Å². The number of nitrogens with zero attached hydrogens (tertiary/aromatic N) is 4. The van der Waals surface area contributed by atoms with E-state index < -0.39 is 9.84 Å². The van der Waals surface area contributed by atoms with Gasteiger partial charge in [-0.25, -0.2) is 8.42 Å². The van der Waals surface area contributed by atoms with E-state index in [1.165, 1.54) is 11.8 Å². The highest BCUT2D eigenvalue weighted by Gasteiger charge is 2.35. The summed E-state index contributed by atoms with van der Waals surface area (Å²) in [6.07, 6.45) is 4.62. The van der Waals surface area contributed by atoms with Gasteiger partial charge >= 0.3 is 0 Å². The summed E-state index contributed by atoms with van der Waals surface area (Å²) in [5.74, 6) is 1.40. The minimum Gasteiger partial charge on any atom is -0.338 e. The Morgan fingerprint density at radius 1 is 1.34 bits per heavy atom. The van der Waals surface area contributed by atoms with Gasteiger partial charge in [0.2, 0.25) is 5.91 Å².